The molecule has 0 spiro atoms. The Morgan fingerprint density at radius 2 is 2.06 bits per heavy atom. The highest BCUT2D eigenvalue weighted by Crippen LogP contribution is 2.30. The Balaban J connectivity index is 1.81. The lowest BCUT2D eigenvalue weighted by atomic mass is 9.85. The van der Waals surface area contributed by atoms with E-state index >= 15 is 0 Å². The van der Waals surface area contributed by atoms with Crippen LogP contribution in [0.3, 0.4) is 0 Å². The first-order chi connectivity index (χ1) is 8.22. The molecule has 0 aromatic rings. The number of hydrogen-bond acceptors (Lipinski definition) is 3. The third kappa shape index (κ3) is 2.79. The number of nitrogens with zero attached hydrogens (tertiary/aromatic N) is 1. The largest absolute Gasteiger partial charge is 0.466 e. The Hall–Kier alpha value is -1.06. The SMILES string of the molecule is CCOC(=O)C1CCC(N2CCCC2=O)CC1. The van der Waals surface area contributed by atoms with Crippen LogP contribution in [-0.2, 0) is 14.3 Å². The van der Waals surface area contributed by atoms with Gasteiger partial charge in [0.15, 0.2) is 0 Å². The Labute approximate surface area is 102 Å². The summed E-state index contributed by atoms with van der Waals surface area (Å²) in [5.41, 5.74) is 0. The summed E-state index contributed by atoms with van der Waals surface area (Å²) in [5.74, 6) is 0.298. The summed E-state index contributed by atoms with van der Waals surface area (Å²) in [5, 5.41) is 0. The van der Waals surface area contributed by atoms with Gasteiger partial charge in [-0.05, 0) is 39.0 Å². The van der Waals surface area contributed by atoms with Crippen molar-refractivity contribution in [2.45, 2.75) is 51.5 Å². The van der Waals surface area contributed by atoms with Crippen molar-refractivity contribution in [1.29, 1.82) is 0 Å². The zero-order chi connectivity index (χ0) is 12.3. The number of rotatable bonds is 3. The molecule has 17 heavy (non-hydrogen) atoms. The molecule has 1 heterocycles. The van der Waals surface area contributed by atoms with Gasteiger partial charge in [0.1, 0.15) is 0 Å². The topological polar surface area (TPSA) is 46.6 Å². The van der Waals surface area contributed by atoms with E-state index in [9.17, 15) is 9.59 Å². The summed E-state index contributed by atoms with van der Waals surface area (Å²) >= 11 is 0. The molecule has 1 aliphatic carbocycles. The van der Waals surface area contributed by atoms with E-state index in [-0.39, 0.29) is 11.9 Å². The van der Waals surface area contributed by atoms with Gasteiger partial charge >= 0.3 is 5.97 Å². The minimum absolute atomic E-state index is 0.0568. The van der Waals surface area contributed by atoms with Gasteiger partial charge < -0.3 is 9.64 Å². The van der Waals surface area contributed by atoms with Gasteiger partial charge in [-0.2, -0.15) is 0 Å². The van der Waals surface area contributed by atoms with Crippen LogP contribution in [0.2, 0.25) is 0 Å². The zero-order valence-electron chi connectivity index (χ0n) is 10.5. The zero-order valence-corrected chi connectivity index (χ0v) is 10.5. The van der Waals surface area contributed by atoms with Crippen molar-refractivity contribution in [3.05, 3.63) is 0 Å². The van der Waals surface area contributed by atoms with Gasteiger partial charge in [0.2, 0.25) is 5.91 Å². The van der Waals surface area contributed by atoms with E-state index in [1.165, 1.54) is 0 Å². The van der Waals surface area contributed by atoms with Crippen molar-refractivity contribution in [1.82, 2.24) is 4.90 Å². The van der Waals surface area contributed by atoms with Gasteiger partial charge in [-0.3, -0.25) is 9.59 Å². The predicted molar refractivity (Wildman–Crippen MR) is 63.3 cm³/mol. The van der Waals surface area contributed by atoms with Crippen molar-refractivity contribution in [2.24, 2.45) is 5.92 Å². The maximum Gasteiger partial charge on any atom is 0.308 e. The Kier molecular flexibility index (Phi) is 4.02. The standard InChI is InChI=1S/C13H21NO3/c1-2-17-13(16)10-5-7-11(8-6-10)14-9-3-4-12(14)15/h10-11H,2-9H2,1H3. The van der Waals surface area contributed by atoms with Crippen LogP contribution in [0.5, 0.6) is 0 Å². The quantitative estimate of drug-likeness (QED) is 0.705. The molecular weight excluding hydrogens is 218 g/mol. The fourth-order valence-electron chi connectivity index (χ4n) is 2.94. The average Bonchev–Trinajstić information content (AvgIpc) is 2.76. The van der Waals surface area contributed by atoms with Crippen LogP contribution in [0.4, 0.5) is 0 Å². The van der Waals surface area contributed by atoms with Gasteiger partial charge in [-0.1, -0.05) is 0 Å². The average molecular weight is 239 g/mol. The Morgan fingerprint density at radius 1 is 1.35 bits per heavy atom. The lowest BCUT2D eigenvalue weighted by Crippen LogP contribution is -2.40. The highest BCUT2D eigenvalue weighted by molar-refractivity contribution is 5.78. The van der Waals surface area contributed by atoms with E-state index in [0.717, 1.165) is 38.6 Å². The van der Waals surface area contributed by atoms with Crippen LogP contribution < -0.4 is 0 Å². The third-order valence-corrected chi connectivity index (χ3v) is 3.87. The molecule has 1 saturated carbocycles. The smallest absolute Gasteiger partial charge is 0.308 e. The highest BCUT2D eigenvalue weighted by Gasteiger charge is 2.33. The molecule has 0 unspecified atom stereocenters. The Morgan fingerprint density at radius 3 is 2.59 bits per heavy atom. The van der Waals surface area contributed by atoms with E-state index in [1.807, 2.05) is 11.8 Å². The molecule has 1 saturated heterocycles. The third-order valence-electron chi connectivity index (χ3n) is 3.87. The summed E-state index contributed by atoms with van der Waals surface area (Å²) < 4.78 is 5.04. The fourth-order valence-corrected chi connectivity index (χ4v) is 2.94. The molecule has 2 rings (SSSR count). The van der Waals surface area contributed by atoms with Gasteiger partial charge in [-0.25, -0.2) is 0 Å². The van der Waals surface area contributed by atoms with E-state index in [1.54, 1.807) is 0 Å². The van der Waals surface area contributed by atoms with Gasteiger partial charge in [0.25, 0.3) is 0 Å². The first kappa shape index (κ1) is 12.4. The van der Waals surface area contributed by atoms with Crippen molar-refractivity contribution in [2.75, 3.05) is 13.2 Å². The van der Waals surface area contributed by atoms with Gasteiger partial charge in [0, 0.05) is 19.0 Å². The van der Waals surface area contributed by atoms with E-state index in [0.29, 0.717) is 25.0 Å². The van der Waals surface area contributed by atoms with E-state index in [4.69, 9.17) is 4.74 Å². The van der Waals surface area contributed by atoms with Crippen molar-refractivity contribution in [3.8, 4) is 0 Å². The molecule has 4 nitrogen and oxygen atoms in total. The molecule has 1 amide bonds. The van der Waals surface area contributed by atoms with Gasteiger partial charge in [0.05, 0.1) is 12.5 Å². The summed E-state index contributed by atoms with van der Waals surface area (Å²) in [6.07, 6.45) is 5.35. The number of amides is 1. The van der Waals surface area contributed by atoms with E-state index < -0.39 is 0 Å². The molecular formula is C13H21NO3. The predicted octanol–water partition coefficient (Wildman–Crippen LogP) is 1.73. The van der Waals surface area contributed by atoms with Crippen LogP contribution in [0.25, 0.3) is 0 Å². The molecule has 2 fully saturated rings. The first-order valence-electron chi connectivity index (χ1n) is 6.68. The summed E-state index contributed by atoms with van der Waals surface area (Å²) in [6.45, 7) is 3.21. The summed E-state index contributed by atoms with van der Waals surface area (Å²) in [4.78, 5) is 25.2. The summed E-state index contributed by atoms with van der Waals surface area (Å²) in [6, 6.07) is 0.371. The minimum Gasteiger partial charge on any atom is -0.466 e. The van der Waals surface area contributed by atoms with Crippen LogP contribution >= 0.6 is 0 Å². The lowest BCUT2D eigenvalue weighted by Gasteiger charge is -2.33. The van der Waals surface area contributed by atoms with Gasteiger partial charge in [-0.15, -0.1) is 0 Å². The fraction of sp³-hybridized carbons (Fsp3) is 0.846. The molecule has 0 N–H and O–H groups in total. The highest BCUT2D eigenvalue weighted by atomic mass is 16.5. The molecule has 2 aliphatic rings. The number of ether oxygens (including phenoxy) is 1. The molecule has 1 aliphatic heterocycles. The second kappa shape index (κ2) is 5.52. The number of carbonyl (C=O) groups excluding carboxylic acids is 2. The maximum atomic E-state index is 11.6. The molecule has 0 aromatic carbocycles. The Bertz CT molecular complexity index is 295. The molecule has 0 atom stereocenters. The second-order valence-electron chi connectivity index (χ2n) is 4.95. The van der Waals surface area contributed by atoms with Crippen LogP contribution in [-0.4, -0.2) is 36.0 Å². The number of hydrogen-bond donors (Lipinski definition) is 0. The van der Waals surface area contributed by atoms with E-state index in [2.05, 4.69) is 0 Å². The minimum atomic E-state index is -0.0568. The molecule has 4 heteroatoms. The number of carbonyl (C=O) groups is 2. The lowest BCUT2D eigenvalue weighted by molar-refractivity contribution is -0.149. The normalized spacial score (nSPS) is 29.5. The second-order valence-corrected chi connectivity index (χ2v) is 4.95. The molecule has 0 radical (unpaired) electrons. The van der Waals surface area contributed by atoms with Crippen LogP contribution in [0.1, 0.15) is 45.4 Å². The number of esters is 1. The number of likely N-dealkylation sites (tertiary alicyclic amines) is 1. The first-order valence-corrected chi connectivity index (χ1v) is 6.68. The monoisotopic (exact) mass is 239 g/mol. The maximum absolute atomic E-state index is 11.6. The molecule has 96 valence electrons. The van der Waals surface area contributed by atoms with Crippen LogP contribution in [0, 0.1) is 5.92 Å². The molecule has 0 bridgehead atoms. The summed E-state index contributed by atoms with van der Waals surface area (Å²) in [7, 11) is 0. The van der Waals surface area contributed by atoms with Crippen LogP contribution in [0.15, 0.2) is 0 Å². The molecule has 0 aromatic heterocycles. The van der Waals surface area contributed by atoms with Crippen molar-refractivity contribution >= 4 is 11.9 Å². The van der Waals surface area contributed by atoms with Crippen molar-refractivity contribution < 1.29 is 14.3 Å². The van der Waals surface area contributed by atoms with Crippen molar-refractivity contribution in [3.63, 3.8) is 0 Å².